The highest BCUT2D eigenvalue weighted by atomic mass is 32.1. The molecule has 144 valence electrons. The van der Waals surface area contributed by atoms with Crippen molar-refractivity contribution in [3.63, 3.8) is 0 Å². The topological polar surface area (TPSA) is 69.5 Å². The van der Waals surface area contributed by atoms with Crippen LogP contribution < -0.4 is 10.6 Å². The molecule has 0 saturated heterocycles. The Balaban J connectivity index is 2.51. The molecule has 1 atom stereocenters. The highest BCUT2D eigenvalue weighted by Crippen LogP contribution is 2.29. The Morgan fingerprint density at radius 3 is 2.64 bits per heavy atom. The molecule has 5 nitrogen and oxygen atoms in total. The second kappa shape index (κ2) is 11.3. The molecule has 0 fully saturated rings. The standard InChI is InChI=1S/C16H27F3N4OS/c1-3-5-12(7-9-24)10-22-15(20-4-2)21-8-6-14-23-13(11-25-14)16(17,18)19/h11-12,24H,3-10H2,1-2H3,(H2,20,21,22). The number of rotatable bonds is 10. The SMILES string of the molecule is CCCC(CCO)CN=C(NCC)NCCc1nc(C(F)(F)F)cs1. The summed E-state index contributed by atoms with van der Waals surface area (Å²) in [5.41, 5.74) is -0.834. The van der Waals surface area contributed by atoms with Crippen molar-refractivity contribution in [1.29, 1.82) is 0 Å². The lowest BCUT2D eigenvalue weighted by Crippen LogP contribution is -2.38. The first kappa shape index (κ1) is 21.7. The van der Waals surface area contributed by atoms with Crippen molar-refractivity contribution in [2.75, 3.05) is 26.2 Å². The van der Waals surface area contributed by atoms with Gasteiger partial charge in [-0.1, -0.05) is 13.3 Å². The van der Waals surface area contributed by atoms with Crippen LogP contribution in [0.4, 0.5) is 13.2 Å². The summed E-state index contributed by atoms with van der Waals surface area (Å²) in [4.78, 5) is 8.13. The van der Waals surface area contributed by atoms with Gasteiger partial charge in [0.05, 0.1) is 5.01 Å². The minimum Gasteiger partial charge on any atom is -0.396 e. The molecule has 1 rings (SSSR count). The number of aliphatic hydroxyl groups is 1. The number of alkyl halides is 3. The average Bonchev–Trinajstić information content (AvgIpc) is 3.02. The number of guanidine groups is 1. The fourth-order valence-electron chi connectivity index (χ4n) is 2.32. The van der Waals surface area contributed by atoms with E-state index in [1.165, 1.54) is 0 Å². The molecule has 1 unspecified atom stereocenters. The van der Waals surface area contributed by atoms with E-state index in [0.29, 0.717) is 42.9 Å². The number of nitrogens with one attached hydrogen (secondary N) is 2. The zero-order valence-corrected chi connectivity index (χ0v) is 15.5. The van der Waals surface area contributed by atoms with Crippen molar-refractivity contribution < 1.29 is 18.3 Å². The molecule has 25 heavy (non-hydrogen) atoms. The Hall–Kier alpha value is -1.35. The van der Waals surface area contributed by atoms with Gasteiger partial charge in [-0.05, 0) is 25.7 Å². The predicted molar refractivity (Wildman–Crippen MR) is 94.9 cm³/mol. The minimum atomic E-state index is -4.39. The molecule has 0 aliphatic rings. The number of nitrogens with zero attached hydrogens (tertiary/aromatic N) is 2. The summed E-state index contributed by atoms with van der Waals surface area (Å²) < 4.78 is 37.6. The number of aromatic nitrogens is 1. The smallest absolute Gasteiger partial charge is 0.396 e. The maximum absolute atomic E-state index is 12.5. The summed E-state index contributed by atoms with van der Waals surface area (Å²) in [6.07, 6.45) is -1.23. The average molecular weight is 380 g/mol. The van der Waals surface area contributed by atoms with Gasteiger partial charge in [0, 0.05) is 38.0 Å². The molecule has 0 bridgehead atoms. The molecular formula is C16H27F3N4OS. The molecule has 0 saturated carbocycles. The molecule has 0 aliphatic carbocycles. The van der Waals surface area contributed by atoms with Crippen LogP contribution in [0.5, 0.6) is 0 Å². The number of aliphatic hydroxyl groups excluding tert-OH is 1. The van der Waals surface area contributed by atoms with Crippen LogP contribution in [-0.2, 0) is 12.6 Å². The van der Waals surface area contributed by atoms with E-state index in [-0.39, 0.29) is 6.61 Å². The summed E-state index contributed by atoms with van der Waals surface area (Å²) >= 11 is 1.01. The maximum atomic E-state index is 12.5. The van der Waals surface area contributed by atoms with Crippen molar-refractivity contribution in [3.8, 4) is 0 Å². The van der Waals surface area contributed by atoms with Crippen molar-refractivity contribution in [2.24, 2.45) is 10.9 Å². The van der Waals surface area contributed by atoms with Gasteiger partial charge in [-0.25, -0.2) is 4.98 Å². The molecule has 1 heterocycles. The molecular weight excluding hydrogens is 353 g/mol. The molecule has 0 radical (unpaired) electrons. The predicted octanol–water partition coefficient (Wildman–Crippen LogP) is 3.06. The van der Waals surface area contributed by atoms with E-state index < -0.39 is 11.9 Å². The van der Waals surface area contributed by atoms with E-state index in [0.717, 1.165) is 36.0 Å². The summed E-state index contributed by atoms with van der Waals surface area (Å²) in [5, 5.41) is 16.8. The van der Waals surface area contributed by atoms with Gasteiger partial charge >= 0.3 is 6.18 Å². The molecule has 1 aromatic heterocycles. The summed E-state index contributed by atoms with van der Waals surface area (Å²) in [6.45, 7) is 5.95. The zero-order chi connectivity index (χ0) is 18.7. The number of hydrogen-bond acceptors (Lipinski definition) is 4. The van der Waals surface area contributed by atoms with Gasteiger partial charge in [0.25, 0.3) is 0 Å². The number of thiazole rings is 1. The first-order valence-electron chi connectivity index (χ1n) is 8.55. The van der Waals surface area contributed by atoms with Gasteiger partial charge in [0.2, 0.25) is 0 Å². The molecule has 0 aromatic carbocycles. The molecule has 0 aliphatic heterocycles. The van der Waals surface area contributed by atoms with Crippen LogP contribution in [0.25, 0.3) is 0 Å². The first-order valence-corrected chi connectivity index (χ1v) is 9.43. The monoisotopic (exact) mass is 380 g/mol. The second-order valence-electron chi connectivity index (χ2n) is 5.69. The van der Waals surface area contributed by atoms with Crippen molar-refractivity contribution in [2.45, 2.75) is 45.7 Å². The maximum Gasteiger partial charge on any atom is 0.434 e. The number of hydrogen-bond donors (Lipinski definition) is 3. The third-order valence-corrected chi connectivity index (χ3v) is 4.47. The van der Waals surface area contributed by atoms with E-state index in [4.69, 9.17) is 5.11 Å². The van der Waals surface area contributed by atoms with Gasteiger partial charge in [0.1, 0.15) is 0 Å². The van der Waals surface area contributed by atoms with Crippen LogP contribution in [0, 0.1) is 5.92 Å². The lowest BCUT2D eigenvalue weighted by Gasteiger charge is -2.15. The van der Waals surface area contributed by atoms with Crippen LogP contribution in [0.15, 0.2) is 10.4 Å². The number of halogens is 3. The lowest BCUT2D eigenvalue weighted by molar-refractivity contribution is -0.140. The van der Waals surface area contributed by atoms with Gasteiger partial charge < -0.3 is 15.7 Å². The minimum absolute atomic E-state index is 0.149. The fraction of sp³-hybridized carbons (Fsp3) is 0.750. The van der Waals surface area contributed by atoms with Gasteiger partial charge in [0.15, 0.2) is 11.7 Å². The van der Waals surface area contributed by atoms with Crippen LogP contribution in [0.1, 0.15) is 43.8 Å². The van der Waals surface area contributed by atoms with Crippen molar-refractivity contribution in [1.82, 2.24) is 15.6 Å². The molecule has 1 aromatic rings. The van der Waals surface area contributed by atoms with E-state index in [2.05, 4.69) is 27.5 Å². The Kier molecular flexibility index (Phi) is 9.81. The molecule has 3 N–H and O–H groups in total. The largest absolute Gasteiger partial charge is 0.434 e. The molecule has 0 amide bonds. The third kappa shape index (κ3) is 8.53. The van der Waals surface area contributed by atoms with Crippen molar-refractivity contribution >= 4 is 17.3 Å². The second-order valence-corrected chi connectivity index (χ2v) is 6.63. The Bertz CT molecular complexity index is 514. The van der Waals surface area contributed by atoms with E-state index in [1.54, 1.807) is 0 Å². The lowest BCUT2D eigenvalue weighted by atomic mass is 10.0. The summed E-state index contributed by atoms with van der Waals surface area (Å²) in [7, 11) is 0. The van der Waals surface area contributed by atoms with Crippen LogP contribution in [0.3, 0.4) is 0 Å². The Labute approximate surface area is 150 Å². The van der Waals surface area contributed by atoms with Gasteiger partial charge in [-0.2, -0.15) is 13.2 Å². The fourth-order valence-corrected chi connectivity index (χ4v) is 3.13. The van der Waals surface area contributed by atoms with Crippen LogP contribution in [-0.4, -0.2) is 42.3 Å². The summed E-state index contributed by atoms with van der Waals surface area (Å²) in [6, 6.07) is 0. The molecule has 9 heteroatoms. The van der Waals surface area contributed by atoms with Crippen LogP contribution in [0.2, 0.25) is 0 Å². The quantitative estimate of drug-likeness (QED) is 0.431. The summed E-state index contributed by atoms with van der Waals surface area (Å²) in [5.74, 6) is 0.966. The van der Waals surface area contributed by atoms with E-state index in [1.807, 2.05) is 6.92 Å². The Morgan fingerprint density at radius 1 is 1.32 bits per heavy atom. The van der Waals surface area contributed by atoms with E-state index in [9.17, 15) is 13.2 Å². The third-order valence-electron chi connectivity index (χ3n) is 3.56. The first-order chi connectivity index (χ1) is 11.9. The van der Waals surface area contributed by atoms with Crippen LogP contribution >= 0.6 is 11.3 Å². The highest BCUT2D eigenvalue weighted by molar-refractivity contribution is 7.09. The zero-order valence-electron chi connectivity index (χ0n) is 14.7. The van der Waals surface area contributed by atoms with E-state index >= 15 is 0 Å². The van der Waals surface area contributed by atoms with Crippen molar-refractivity contribution in [3.05, 3.63) is 16.1 Å². The van der Waals surface area contributed by atoms with Gasteiger partial charge in [-0.15, -0.1) is 11.3 Å². The number of aliphatic imine (C=N–C) groups is 1. The molecule has 0 spiro atoms. The highest BCUT2D eigenvalue weighted by Gasteiger charge is 2.33. The van der Waals surface area contributed by atoms with Gasteiger partial charge in [-0.3, -0.25) is 4.99 Å². The normalized spacial score (nSPS) is 13.8. The Morgan fingerprint density at radius 2 is 2.08 bits per heavy atom.